The topological polar surface area (TPSA) is 67.2 Å². The molecule has 0 aliphatic rings. The Labute approximate surface area is 325 Å². The van der Waals surface area contributed by atoms with Gasteiger partial charge in [-0.3, -0.25) is 10.9 Å². The Morgan fingerprint density at radius 1 is 0.625 bits per heavy atom. The third-order valence-electron chi connectivity index (χ3n) is 6.62. The van der Waals surface area contributed by atoms with Crippen LogP contribution in [0.2, 0.25) is 0 Å². The fourth-order valence-corrected chi connectivity index (χ4v) is 4.91. The van der Waals surface area contributed by atoms with E-state index < -0.39 is 0 Å². The van der Waals surface area contributed by atoms with Crippen molar-refractivity contribution in [2.45, 2.75) is 41.5 Å². The van der Waals surface area contributed by atoms with Crippen molar-refractivity contribution in [1.82, 2.24) is 0 Å². The van der Waals surface area contributed by atoms with Crippen molar-refractivity contribution in [2.75, 3.05) is 37.6 Å². The first kappa shape index (κ1) is 43.4. The standard InChI is InChI=1S/C19H24N2OS.C18H21ClN2O.CH4S.Na/c1-19(2,3)18(23-5)21-20-16-13-15(11-12-17(16)22-4)14-9-7-6-8-10-14;1-18(2,3)17(19)21-20-15-12-14(10-11-16(15)22-4)13-8-6-5-7-9-13;1-2;/h6-13,20H,1-5H3;5-12,20H,1-4H3;2H,1H3;/q;;;+1/p-1/b21-18+;21-17+;;. The smallest absolute Gasteiger partial charge is 0.796 e. The number of hydrogen-bond donors (Lipinski definition) is 2. The van der Waals surface area contributed by atoms with E-state index >= 15 is 0 Å². The number of benzene rings is 4. The fraction of sp³-hybridized carbons (Fsp3) is 0.316. The molecule has 0 saturated heterocycles. The molecule has 0 spiro atoms. The van der Waals surface area contributed by atoms with Crippen LogP contribution in [0.3, 0.4) is 0 Å². The van der Waals surface area contributed by atoms with Crippen LogP contribution in [0.15, 0.2) is 107 Å². The molecule has 0 radical (unpaired) electrons. The number of thioether (sulfide) groups is 1. The van der Waals surface area contributed by atoms with Gasteiger partial charge in [0.15, 0.2) is 0 Å². The molecule has 0 atom stereocenters. The van der Waals surface area contributed by atoms with Crippen molar-refractivity contribution >= 4 is 57.6 Å². The number of hydrazone groups is 2. The molecule has 2 N–H and O–H groups in total. The predicted molar refractivity (Wildman–Crippen MR) is 211 cm³/mol. The van der Waals surface area contributed by atoms with Gasteiger partial charge < -0.3 is 22.1 Å². The molecule has 6 nitrogen and oxygen atoms in total. The van der Waals surface area contributed by atoms with Crippen LogP contribution in [0.1, 0.15) is 41.5 Å². The Morgan fingerprint density at radius 2 is 1.02 bits per heavy atom. The minimum atomic E-state index is -0.196. The second kappa shape index (κ2) is 21.5. The maximum atomic E-state index is 6.21. The normalized spacial score (nSPS) is 11.5. The molecule has 48 heavy (non-hydrogen) atoms. The molecule has 10 heteroatoms. The van der Waals surface area contributed by atoms with Crippen molar-refractivity contribution in [1.29, 1.82) is 0 Å². The minimum Gasteiger partial charge on any atom is -0.796 e. The summed E-state index contributed by atoms with van der Waals surface area (Å²) >= 11 is 11.9. The van der Waals surface area contributed by atoms with E-state index in [-0.39, 0.29) is 40.4 Å². The SMILES string of the molecule is COc1ccc(-c2ccccc2)cc1N/N=C(/Cl)C(C)(C)C.COc1ccc(-c2ccccc2)cc1N/N=C(/SC)C(C)(C)C.C[S-].[Na+]. The monoisotopic (exact) mass is 714 g/mol. The second-order valence-corrected chi connectivity index (χ2v) is 13.5. The van der Waals surface area contributed by atoms with Gasteiger partial charge in [-0.15, -0.1) is 11.8 Å². The van der Waals surface area contributed by atoms with E-state index in [2.05, 4.69) is 90.9 Å². The summed E-state index contributed by atoms with van der Waals surface area (Å²) < 4.78 is 10.8. The predicted octanol–water partition coefficient (Wildman–Crippen LogP) is 8.04. The first-order chi connectivity index (χ1) is 22.4. The zero-order valence-corrected chi connectivity index (χ0v) is 34.5. The number of nitrogens with zero attached hydrogens (tertiary/aromatic N) is 2. The fourth-order valence-electron chi connectivity index (χ4n) is 4.12. The van der Waals surface area contributed by atoms with E-state index in [9.17, 15) is 0 Å². The zero-order valence-electron chi connectivity index (χ0n) is 30.1. The first-order valence-electron chi connectivity index (χ1n) is 15.1. The number of hydrogen-bond acceptors (Lipinski definition) is 8. The van der Waals surface area contributed by atoms with Crippen LogP contribution in [-0.4, -0.2) is 36.9 Å². The number of halogens is 1. The number of methoxy groups -OCH3 is 2. The number of rotatable bonds is 8. The number of anilines is 2. The maximum Gasteiger partial charge on any atom is 1.00 e. The quantitative estimate of drug-likeness (QED) is 0.0634. The van der Waals surface area contributed by atoms with Crippen molar-refractivity contribution in [3.8, 4) is 33.8 Å². The van der Waals surface area contributed by atoms with Gasteiger partial charge in [-0.1, -0.05) is 126 Å². The van der Waals surface area contributed by atoms with E-state index in [4.69, 9.17) is 21.1 Å². The molecule has 4 aromatic carbocycles. The van der Waals surface area contributed by atoms with Crippen molar-refractivity contribution in [3.05, 3.63) is 97.1 Å². The largest absolute Gasteiger partial charge is 1.00 e. The van der Waals surface area contributed by atoms with E-state index in [1.807, 2.05) is 87.7 Å². The van der Waals surface area contributed by atoms with Crippen LogP contribution in [0, 0.1) is 10.8 Å². The Hall–Kier alpha value is -2.59. The molecule has 0 aliphatic heterocycles. The molecule has 0 saturated carbocycles. The minimum absolute atomic E-state index is 0. The molecular weight excluding hydrogens is 667 g/mol. The Kier molecular flexibility index (Phi) is 19.4. The van der Waals surface area contributed by atoms with Gasteiger partial charge in [0, 0.05) is 10.8 Å². The Bertz CT molecular complexity index is 1590. The van der Waals surface area contributed by atoms with E-state index in [1.54, 1.807) is 32.2 Å². The Morgan fingerprint density at radius 3 is 1.35 bits per heavy atom. The summed E-state index contributed by atoms with van der Waals surface area (Å²) in [6, 6.07) is 32.5. The molecule has 0 amide bonds. The van der Waals surface area contributed by atoms with E-state index in [1.165, 1.54) is 5.56 Å². The van der Waals surface area contributed by atoms with Gasteiger partial charge in [0.25, 0.3) is 0 Å². The summed E-state index contributed by atoms with van der Waals surface area (Å²) in [7, 11) is 3.31. The third kappa shape index (κ3) is 13.7. The van der Waals surface area contributed by atoms with Gasteiger partial charge in [-0.2, -0.15) is 16.5 Å². The summed E-state index contributed by atoms with van der Waals surface area (Å²) in [6.07, 6.45) is 3.63. The third-order valence-corrected chi connectivity index (χ3v) is 8.36. The van der Waals surface area contributed by atoms with Crippen LogP contribution in [0.4, 0.5) is 11.4 Å². The van der Waals surface area contributed by atoms with Crippen LogP contribution in [-0.2, 0) is 12.6 Å². The van der Waals surface area contributed by atoms with Gasteiger partial charge in [-0.25, -0.2) is 0 Å². The van der Waals surface area contributed by atoms with Crippen LogP contribution in [0.5, 0.6) is 11.5 Å². The zero-order chi connectivity index (χ0) is 35.0. The van der Waals surface area contributed by atoms with Gasteiger partial charge in [0.1, 0.15) is 16.7 Å². The van der Waals surface area contributed by atoms with E-state index in [0.717, 1.165) is 44.6 Å². The molecule has 0 unspecified atom stereocenters. The number of ether oxygens (including phenoxy) is 2. The summed E-state index contributed by atoms with van der Waals surface area (Å²) in [5.41, 5.74) is 12.2. The van der Waals surface area contributed by atoms with E-state index in [0.29, 0.717) is 5.17 Å². The molecule has 0 aliphatic carbocycles. The van der Waals surface area contributed by atoms with Gasteiger partial charge in [0.05, 0.1) is 30.6 Å². The van der Waals surface area contributed by atoms with Crippen LogP contribution >= 0.6 is 23.4 Å². The first-order valence-corrected chi connectivity index (χ1v) is 17.5. The Balaban J connectivity index is 0.000000448. The number of nitrogens with one attached hydrogen (secondary N) is 2. The van der Waals surface area contributed by atoms with Gasteiger partial charge >= 0.3 is 29.6 Å². The molecule has 4 rings (SSSR count). The molecule has 4 aromatic rings. The van der Waals surface area contributed by atoms with Crippen LogP contribution < -0.4 is 49.9 Å². The van der Waals surface area contributed by atoms with Gasteiger partial charge in [-0.05, 0) is 52.8 Å². The summed E-state index contributed by atoms with van der Waals surface area (Å²) in [5.74, 6) is 1.50. The molecule has 0 heterocycles. The summed E-state index contributed by atoms with van der Waals surface area (Å²) in [5, 5.41) is 10.4. The molecule has 0 bridgehead atoms. The molecule has 0 aromatic heterocycles. The van der Waals surface area contributed by atoms with Gasteiger partial charge in [0.2, 0.25) is 0 Å². The summed E-state index contributed by atoms with van der Waals surface area (Å²) in [6.45, 7) is 12.5. The van der Waals surface area contributed by atoms with Crippen molar-refractivity contribution < 1.29 is 39.0 Å². The molecule has 0 fully saturated rings. The molecular formula is C38H48ClN4NaO2S2. The van der Waals surface area contributed by atoms with Crippen molar-refractivity contribution in [2.24, 2.45) is 21.0 Å². The maximum absolute atomic E-state index is 6.21. The van der Waals surface area contributed by atoms with Crippen molar-refractivity contribution in [3.63, 3.8) is 0 Å². The second-order valence-electron chi connectivity index (χ2n) is 12.3. The average molecular weight is 715 g/mol. The summed E-state index contributed by atoms with van der Waals surface area (Å²) in [4.78, 5) is 0. The average Bonchev–Trinajstić information content (AvgIpc) is 3.08. The van der Waals surface area contributed by atoms with Crippen LogP contribution in [0.25, 0.3) is 22.3 Å². The molecule has 252 valence electrons.